The maximum absolute atomic E-state index is 11.6. The predicted molar refractivity (Wildman–Crippen MR) is 74.0 cm³/mol. The summed E-state index contributed by atoms with van der Waals surface area (Å²) in [6.45, 7) is 0. The standard InChI is InChI=1S/C13H14N2O3S/c14-7-8-19-9-12(16)15-11-4-2-1-3-10(11)5-6-13(17)18/h1-4H,5-6,8-9H2,(H,15,16)(H,17,18). The fourth-order valence-corrected chi connectivity index (χ4v) is 1.93. The molecule has 0 aromatic heterocycles. The highest BCUT2D eigenvalue weighted by Crippen LogP contribution is 2.17. The Hall–Kier alpha value is -2.00. The molecule has 1 amide bonds. The number of hydrogen-bond donors (Lipinski definition) is 2. The van der Waals surface area contributed by atoms with Crippen LogP contribution in [-0.4, -0.2) is 28.5 Å². The summed E-state index contributed by atoms with van der Waals surface area (Å²) in [5, 5.41) is 19.8. The number of anilines is 1. The van der Waals surface area contributed by atoms with Gasteiger partial charge in [0.25, 0.3) is 0 Å². The quantitative estimate of drug-likeness (QED) is 0.743. The average molecular weight is 278 g/mol. The number of aryl methyl sites for hydroxylation is 1. The van der Waals surface area contributed by atoms with Crippen LogP contribution in [0.5, 0.6) is 0 Å². The molecule has 0 saturated carbocycles. The molecule has 1 aromatic rings. The summed E-state index contributed by atoms with van der Waals surface area (Å²) in [7, 11) is 0. The molecule has 0 radical (unpaired) electrons. The number of aliphatic carboxylic acids is 1. The Morgan fingerprint density at radius 3 is 2.79 bits per heavy atom. The lowest BCUT2D eigenvalue weighted by molar-refractivity contribution is -0.136. The van der Waals surface area contributed by atoms with Gasteiger partial charge in [-0.15, -0.1) is 11.8 Å². The number of nitrogens with one attached hydrogen (secondary N) is 1. The molecule has 0 spiro atoms. The Bertz CT molecular complexity index is 497. The predicted octanol–water partition coefficient (Wildman–Crippen LogP) is 1.90. The van der Waals surface area contributed by atoms with Crippen molar-refractivity contribution in [3.63, 3.8) is 0 Å². The Labute approximate surface area is 115 Å². The first-order chi connectivity index (χ1) is 9.13. The number of rotatable bonds is 7. The molecule has 0 unspecified atom stereocenters. The molecule has 0 bridgehead atoms. The lowest BCUT2D eigenvalue weighted by atomic mass is 10.1. The van der Waals surface area contributed by atoms with Crippen LogP contribution in [0, 0.1) is 11.3 Å². The maximum atomic E-state index is 11.6. The highest BCUT2D eigenvalue weighted by Gasteiger charge is 2.08. The summed E-state index contributed by atoms with van der Waals surface area (Å²) in [6, 6.07) is 9.06. The number of amides is 1. The van der Waals surface area contributed by atoms with E-state index < -0.39 is 5.97 Å². The molecule has 1 aromatic carbocycles. The van der Waals surface area contributed by atoms with E-state index in [-0.39, 0.29) is 23.8 Å². The molecule has 0 saturated heterocycles. The minimum Gasteiger partial charge on any atom is -0.481 e. The Morgan fingerprint density at radius 1 is 1.37 bits per heavy atom. The Kier molecular flexibility index (Phi) is 6.47. The number of carboxylic acid groups (broad SMARTS) is 1. The summed E-state index contributed by atoms with van der Waals surface area (Å²) in [4.78, 5) is 22.2. The molecule has 0 aliphatic rings. The lowest BCUT2D eigenvalue weighted by Gasteiger charge is -2.09. The third kappa shape index (κ3) is 5.93. The van der Waals surface area contributed by atoms with Gasteiger partial charge in [-0.25, -0.2) is 0 Å². The normalized spacial score (nSPS) is 9.63. The second-order valence-electron chi connectivity index (χ2n) is 3.75. The fraction of sp³-hybridized carbons (Fsp3) is 0.308. The molecule has 5 nitrogen and oxygen atoms in total. The molecule has 1 rings (SSSR count). The van der Waals surface area contributed by atoms with E-state index in [0.29, 0.717) is 12.1 Å². The lowest BCUT2D eigenvalue weighted by Crippen LogP contribution is -2.15. The summed E-state index contributed by atoms with van der Waals surface area (Å²) in [5.41, 5.74) is 1.43. The number of hydrogen-bond acceptors (Lipinski definition) is 4. The minimum absolute atomic E-state index is 0.0239. The van der Waals surface area contributed by atoms with Gasteiger partial charge < -0.3 is 10.4 Å². The van der Waals surface area contributed by atoms with Gasteiger partial charge in [0.15, 0.2) is 0 Å². The van der Waals surface area contributed by atoms with Crippen LogP contribution in [0.3, 0.4) is 0 Å². The Balaban J connectivity index is 2.59. The largest absolute Gasteiger partial charge is 0.481 e. The molecule has 6 heteroatoms. The second-order valence-corrected chi connectivity index (χ2v) is 4.74. The van der Waals surface area contributed by atoms with E-state index >= 15 is 0 Å². The van der Waals surface area contributed by atoms with Crippen molar-refractivity contribution in [2.24, 2.45) is 0 Å². The van der Waals surface area contributed by atoms with Crippen molar-refractivity contribution < 1.29 is 14.7 Å². The van der Waals surface area contributed by atoms with Crippen LogP contribution in [-0.2, 0) is 16.0 Å². The van der Waals surface area contributed by atoms with Crippen molar-refractivity contribution in [3.05, 3.63) is 29.8 Å². The number of nitriles is 1. The van der Waals surface area contributed by atoms with Gasteiger partial charge in [-0.05, 0) is 18.1 Å². The molecule has 2 N–H and O–H groups in total. The number of thioether (sulfide) groups is 1. The third-order valence-electron chi connectivity index (χ3n) is 2.30. The number of carboxylic acids is 1. The summed E-state index contributed by atoms with van der Waals surface area (Å²) < 4.78 is 0. The first kappa shape index (κ1) is 15.1. The van der Waals surface area contributed by atoms with Gasteiger partial charge in [-0.2, -0.15) is 5.26 Å². The van der Waals surface area contributed by atoms with Gasteiger partial charge in [0, 0.05) is 12.1 Å². The molecule has 0 aliphatic carbocycles. The molecule has 0 atom stereocenters. The smallest absolute Gasteiger partial charge is 0.303 e. The van der Waals surface area contributed by atoms with Crippen molar-refractivity contribution in [2.75, 3.05) is 16.8 Å². The van der Waals surface area contributed by atoms with Crippen LogP contribution >= 0.6 is 11.8 Å². The van der Waals surface area contributed by atoms with Crippen LogP contribution in [0.2, 0.25) is 0 Å². The number of carbonyl (C=O) groups is 2. The van der Waals surface area contributed by atoms with Crippen molar-refractivity contribution in [3.8, 4) is 6.07 Å². The molecule has 0 fully saturated rings. The first-order valence-electron chi connectivity index (χ1n) is 5.67. The Morgan fingerprint density at radius 2 is 2.11 bits per heavy atom. The van der Waals surface area contributed by atoms with Gasteiger partial charge in [0.2, 0.25) is 5.91 Å². The van der Waals surface area contributed by atoms with Gasteiger partial charge in [0.05, 0.1) is 17.6 Å². The minimum atomic E-state index is -0.870. The van der Waals surface area contributed by atoms with E-state index in [1.807, 2.05) is 6.07 Å². The van der Waals surface area contributed by atoms with Gasteiger partial charge in [-0.3, -0.25) is 9.59 Å². The van der Waals surface area contributed by atoms with E-state index in [9.17, 15) is 9.59 Å². The monoisotopic (exact) mass is 278 g/mol. The zero-order chi connectivity index (χ0) is 14.1. The highest BCUT2D eigenvalue weighted by atomic mass is 32.2. The zero-order valence-corrected chi connectivity index (χ0v) is 11.1. The zero-order valence-electron chi connectivity index (χ0n) is 10.3. The summed E-state index contributed by atoms with van der Waals surface area (Å²) in [6.07, 6.45) is 0.396. The van der Waals surface area contributed by atoms with Crippen LogP contribution in [0.15, 0.2) is 24.3 Å². The fourth-order valence-electron chi connectivity index (χ4n) is 1.48. The van der Waals surface area contributed by atoms with E-state index in [2.05, 4.69) is 5.32 Å². The van der Waals surface area contributed by atoms with E-state index in [1.54, 1.807) is 24.3 Å². The van der Waals surface area contributed by atoms with Crippen molar-refractivity contribution in [1.29, 1.82) is 5.26 Å². The van der Waals surface area contributed by atoms with E-state index in [0.717, 1.165) is 5.56 Å². The first-order valence-corrected chi connectivity index (χ1v) is 6.83. The van der Waals surface area contributed by atoms with Crippen LogP contribution in [0.4, 0.5) is 5.69 Å². The molecule has 100 valence electrons. The molecule has 0 heterocycles. The van der Waals surface area contributed by atoms with Crippen LogP contribution in [0.1, 0.15) is 12.0 Å². The summed E-state index contributed by atoms with van der Waals surface area (Å²) in [5.74, 6) is -0.580. The van der Waals surface area contributed by atoms with Crippen molar-refractivity contribution >= 4 is 29.3 Å². The van der Waals surface area contributed by atoms with Crippen molar-refractivity contribution in [1.82, 2.24) is 0 Å². The van der Waals surface area contributed by atoms with Gasteiger partial charge in [0.1, 0.15) is 0 Å². The van der Waals surface area contributed by atoms with E-state index in [4.69, 9.17) is 10.4 Å². The third-order valence-corrected chi connectivity index (χ3v) is 3.10. The molecular formula is C13H14N2O3S. The SMILES string of the molecule is N#CCSCC(=O)Nc1ccccc1CCC(=O)O. The average Bonchev–Trinajstić information content (AvgIpc) is 2.38. The van der Waals surface area contributed by atoms with Crippen LogP contribution in [0.25, 0.3) is 0 Å². The summed E-state index contributed by atoms with van der Waals surface area (Å²) >= 11 is 1.24. The topological polar surface area (TPSA) is 90.2 Å². The number of carbonyl (C=O) groups excluding carboxylic acids is 1. The number of nitrogens with zero attached hydrogens (tertiary/aromatic N) is 1. The van der Waals surface area contributed by atoms with Crippen LogP contribution < -0.4 is 5.32 Å². The molecular weight excluding hydrogens is 264 g/mol. The number of benzene rings is 1. The van der Waals surface area contributed by atoms with Gasteiger partial charge in [-0.1, -0.05) is 18.2 Å². The highest BCUT2D eigenvalue weighted by molar-refractivity contribution is 8.00. The molecule has 19 heavy (non-hydrogen) atoms. The second kappa shape index (κ2) is 8.16. The molecule has 0 aliphatic heterocycles. The van der Waals surface area contributed by atoms with Gasteiger partial charge >= 0.3 is 5.97 Å². The maximum Gasteiger partial charge on any atom is 0.303 e. The van der Waals surface area contributed by atoms with E-state index in [1.165, 1.54) is 11.8 Å². The number of para-hydroxylation sites is 1. The van der Waals surface area contributed by atoms with Crippen molar-refractivity contribution in [2.45, 2.75) is 12.8 Å².